The molecule has 6 nitrogen and oxygen atoms in total. The summed E-state index contributed by atoms with van der Waals surface area (Å²) in [6.45, 7) is 0. The summed E-state index contributed by atoms with van der Waals surface area (Å²) < 4.78 is 19.8. The van der Waals surface area contributed by atoms with Gasteiger partial charge in [-0.2, -0.15) is 0 Å². The molecule has 0 fully saturated rings. The van der Waals surface area contributed by atoms with Crippen LogP contribution in [0.1, 0.15) is 0 Å². The van der Waals surface area contributed by atoms with Crippen molar-refractivity contribution in [3.63, 3.8) is 0 Å². The standard InChI is InChI=1S/C12H11NO.C10H10N2O2S/c13-11-5-1-9(2-6-11)10-3-7-12(14)8-4-10;11-9-3-4-10(12)8-5-6(15(13)14)1-2-7(8)9/h1-8,14H,13H2;1-5H,11-12H2,(H,13,14). The molecule has 4 aromatic carbocycles. The van der Waals surface area contributed by atoms with Crippen LogP contribution in [-0.4, -0.2) is 13.9 Å². The van der Waals surface area contributed by atoms with Crippen LogP contribution >= 0.6 is 0 Å². The largest absolute Gasteiger partial charge is 0.508 e. The number of aromatic hydroxyl groups is 1. The van der Waals surface area contributed by atoms with Gasteiger partial charge in [0.1, 0.15) is 5.75 Å². The Morgan fingerprint density at radius 3 is 1.72 bits per heavy atom. The number of nitrogen functional groups attached to an aromatic ring is 3. The van der Waals surface area contributed by atoms with Crippen molar-refractivity contribution in [2.24, 2.45) is 0 Å². The number of hydrogen-bond acceptors (Lipinski definition) is 5. The molecule has 1 atom stereocenters. The highest BCUT2D eigenvalue weighted by atomic mass is 32.2. The Kier molecular flexibility index (Phi) is 6.01. The third-order valence-electron chi connectivity index (χ3n) is 4.37. The van der Waals surface area contributed by atoms with Crippen LogP contribution in [-0.2, 0) is 11.1 Å². The zero-order valence-electron chi connectivity index (χ0n) is 15.4. The molecule has 1 unspecified atom stereocenters. The molecule has 148 valence electrons. The van der Waals surface area contributed by atoms with E-state index in [-0.39, 0.29) is 5.75 Å². The molecule has 7 heteroatoms. The van der Waals surface area contributed by atoms with Crippen LogP contribution in [0.25, 0.3) is 21.9 Å². The second-order valence-electron chi connectivity index (χ2n) is 6.37. The minimum Gasteiger partial charge on any atom is -0.508 e. The molecule has 0 spiro atoms. The number of phenols is 1. The first-order valence-corrected chi connectivity index (χ1v) is 9.79. The van der Waals surface area contributed by atoms with Gasteiger partial charge in [-0.3, -0.25) is 0 Å². The summed E-state index contributed by atoms with van der Waals surface area (Å²) >= 11 is -2.00. The van der Waals surface area contributed by atoms with Crippen LogP contribution in [0.15, 0.2) is 83.8 Å². The lowest BCUT2D eigenvalue weighted by atomic mass is 10.1. The van der Waals surface area contributed by atoms with Crippen LogP contribution in [0.3, 0.4) is 0 Å². The molecule has 8 N–H and O–H groups in total. The number of hydrogen-bond donors (Lipinski definition) is 5. The van der Waals surface area contributed by atoms with Gasteiger partial charge in [-0.1, -0.05) is 30.3 Å². The fourth-order valence-corrected chi connectivity index (χ4v) is 3.21. The predicted octanol–water partition coefficient (Wildman–Crippen LogP) is 4.23. The quantitative estimate of drug-likeness (QED) is 0.249. The van der Waals surface area contributed by atoms with E-state index in [1.807, 2.05) is 36.4 Å². The van der Waals surface area contributed by atoms with Gasteiger partial charge in [-0.25, -0.2) is 4.21 Å². The maximum atomic E-state index is 10.9. The molecule has 4 aromatic rings. The van der Waals surface area contributed by atoms with Crippen molar-refractivity contribution in [1.29, 1.82) is 0 Å². The summed E-state index contributed by atoms with van der Waals surface area (Å²) in [5, 5.41) is 10.6. The highest BCUT2D eigenvalue weighted by Crippen LogP contribution is 2.28. The van der Waals surface area contributed by atoms with Gasteiger partial charge in [0.2, 0.25) is 0 Å². The molecule has 0 aliphatic heterocycles. The van der Waals surface area contributed by atoms with Crippen molar-refractivity contribution in [2.75, 3.05) is 17.2 Å². The zero-order chi connectivity index (χ0) is 21.0. The molecule has 4 rings (SSSR count). The van der Waals surface area contributed by atoms with Crippen LogP contribution in [0.4, 0.5) is 17.1 Å². The first-order valence-electron chi connectivity index (χ1n) is 8.68. The summed E-state index contributed by atoms with van der Waals surface area (Å²) in [6, 6.07) is 23.0. The number of anilines is 3. The molecule has 29 heavy (non-hydrogen) atoms. The number of benzene rings is 4. The molecule has 0 heterocycles. The maximum Gasteiger partial charge on any atom is 0.186 e. The summed E-state index contributed by atoms with van der Waals surface area (Å²) in [6.07, 6.45) is 0. The molecule has 0 saturated heterocycles. The van der Waals surface area contributed by atoms with Gasteiger partial charge >= 0.3 is 0 Å². The second kappa shape index (κ2) is 8.64. The van der Waals surface area contributed by atoms with E-state index >= 15 is 0 Å². The van der Waals surface area contributed by atoms with Crippen LogP contribution < -0.4 is 17.2 Å². The summed E-state index contributed by atoms with van der Waals surface area (Å²) in [7, 11) is 0. The Morgan fingerprint density at radius 2 is 1.17 bits per heavy atom. The fraction of sp³-hybridized carbons (Fsp3) is 0. The van der Waals surface area contributed by atoms with E-state index < -0.39 is 11.1 Å². The van der Waals surface area contributed by atoms with Gasteiger partial charge in [0.25, 0.3) is 0 Å². The summed E-state index contributed by atoms with van der Waals surface area (Å²) in [4.78, 5) is 0.319. The molecule has 0 aliphatic rings. The average Bonchev–Trinajstić information content (AvgIpc) is 2.72. The number of rotatable bonds is 2. The van der Waals surface area contributed by atoms with Gasteiger partial charge in [0.05, 0.1) is 4.90 Å². The van der Waals surface area contributed by atoms with Crippen molar-refractivity contribution < 1.29 is 13.9 Å². The molecule has 0 amide bonds. The minimum absolute atomic E-state index is 0.282. The maximum absolute atomic E-state index is 10.9. The number of fused-ring (bicyclic) bond motifs is 1. The SMILES string of the molecule is Nc1ccc(-c2ccc(O)cc2)cc1.Nc1ccc(N)c2cc(S(=O)O)ccc12. The Balaban J connectivity index is 0.000000166. The third kappa shape index (κ3) is 4.84. The molecule has 0 radical (unpaired) electrons. The molecule has 0 saturated carbocycles. The van der Waals surface area contributed by atoms with E-state index in [0.717, 1.165) is 22.2 Å². The average molecular weight is 407 g/mol. The Morgan fingerprint density at radius 1 is 0.655 bits per heavy atom. The Bertz CT molecular complexity index is 1120. The second-order valence-corrected chi connectivity index (χ2v) is 7.34. The lowest BCUT2D eigenvalue weighted by molar-refractivity contribution is 0.475. The van der Waals surface area contributed by atoms with E-state index in [9.17, 15) is 4.21 Å². The third-order valence-corrected chi connectivity index (χ3v) is 5.03. The van der Waals surface area contributed by atoms with E-state index in [0.29, 0.717) is 21.7 Å². The lowest BCUT2D eigenvalue weighted by Crippen LogP contribution is -1.94. The summed E-state index contributed by atoms with van der Waals surface area (Å²) in [5.41, 5.74) is 21.2. The zero-order valence-corrected chi connectivity index (χ0v) is 16.3. The molecule has 0 bridgehead atoms. The van der Waals surface area contributed by atoms with E-state index in [4.69, 9.17) is 26.9 Å². The predicted molar refractivity (Wildman–Crippen MR) is 120 cm³/mol. The van der Waals surface area contributed by atoms with Crippen LogP contribution in [0.5, 0.6) is 5.75 Å². The van der Waals surface area contributed by atoms with Crippen molar-refractivity contribution in [1.82, 2.24) is 0 Å². The molecular formula is C22H21N3O3S. The van der Waals surface area contributed by atoms with E-state index in [1.165, 1.54) is 0 Å². The Hall–Kier alpha value is -3.55. The molecule has 0 aromatic heterocycles. The first kappa shape index (κ1) is 20.2. The van der Waals surface area contributed by atoms with Gasteiger partial charge < -0.3 is 26.9 Å². The normalized spacial score (nSPS) is 11.5. The highest BCUT2D eigenvalue weighted by molar-refractivity contribution is 7.79. The minimum atomic E-state index is -2.00. The topological polar surface area (TPSA) is 136 Å². The first-order chi connectivity index (χ1) is 13.8. The van der Waals surface area contributed by atoms with Gasteiger partial charge in [0.15, 0.2) is 11.1 Å². The van der Waals surface area contributed by atoms with E-state index in [1.54, 1.807) is 42.5 Å². The monoisotopic (exact) mass is 407 g/mol. The highest BCUT2D eigenvalue weighted by Gasteiger charge is 2.05. The number of phenolic OH excluding ortho intramolecular Hbond substituents is 1. The van der Waals surface area contributed by atoms with Gasteiger partial charge in [-0.15, -0.1) is 0 Å². The van der Waals surface area contributed by atoms with E-state index in [2.05, 4.69) is 0 Å². The van der Waals surface area contributed by atoms with Crippen molar-refractivity contribution in [2.45, 2.75) is 4.90 Å². The van der Waals surface area contributed by atoms with Crippen LogP contribution in [0.2, 0.25) is 0 Å². The van der Waals surface area contributed by atoms with Crippen LogP contribution in [0, 0.1) is 0 Å². The smallest absolute Gasteiger partial charge is 0.186 e. The Labute approximate surface area is 170 Å². The van der Waals surface area contributed by atoms with Gasteiger partial charge in [0, 0.05) is 27.8 Å². The van der Waals surface area contributed by atoms with Crippen molar-refractivity contribution in [3.05, 3.63) is 78.9 Å². The number of nitrogens with two attached hydrogens (primary N) is 3. The molecule has 0 aliphatic carbocycles. The fourth-order valence-electron chi connectivity index (χ4n) is 2.81. The molecular weight excluding hydrogens is 386 g/mol. The summed E-state index contributed by atoms with van der Waals surface area (Å²) in [5.74, 6) is 0.282. The lowest BCUT2D eigenvalue weighted by Gasteiger charge is -2.06. The van der Waals surface area contributed by atoms with Gasteiger partial charge in [-0.05, 0) is 59.7 Å². The van der Waals surface area contributed by atoms with Crippen molar-refractivity contribution in [3.8, 4) is 16.9 Å². The van der Waals surface area contributed by atoms with Crippen molar-refractivity contribution >= 4 is 38.9 Å².